The highest BCUT2D eigenvalue weighted by Crippen LogP contribution is 2.23. The predicted molar refractivity (Wildman–Crippen MR) is 41.9 cm³/mol. The van der Waals surface area contributed by atoms with E-state index in [-0.39, 0.29) is 0 Å². The van der Waals surface area contributed by atoms with E-state index in [9.17, 15) is 0 Å². The Morgan fingerprint density at radius 1 is 1.22 bits per heavy atom. The second-order valence-corrected chi connectivity index (χ2v) is 3.58. The molecule has 2 heteroatoms. The molecule has 1 aliphatic rings. The van der Waals surface area contributed by atoms with Crippen LogP contribution >= 0.6 is 12.6 Å². The lowest BCUT2D eigenvalue weighted by Gasteiger charge is -2.30. The molecule has 0 aliphatic carbocycles. The Labute approximate surface area is 62.2 Å². The zero-order valence-electron chi connectivity index (χ0n) is 6.00. The Kier molecular flexibility index (Phi) is 2.42. The van der Waals surface area contributed by atoms with Gasteiger partial charge in [0.15, 0.2) is 0 Å². The van der Waals surface area contributed by atoms with Gasteiger partial charge in [0.2, 0.25) is 0 Å². The molecule has 1 saturated heterocycles. The van der Waals surface area contributed by atoms with E-state index in [1.54, 1.807) is 0 Å². The van der Waals surface area contributed by atoms with Gasteiger partial charge in [0.1, 0.15) is 0 Å². The third-order valence-corrected chi connectivity index (χ3v) is 2.95. The predicted octanol–water partition coefficient (Wildman–Crippen LogP) is 1.59. The molecular formula is C7H14OS. The van der Waals surface area contributed by atoms with Crippen LogP contribution in [0.5, 0.6) is 0 Å². The molecule has 1 fully saturated rings. The molecule has 1 rings (SSSR count). The van der Waals surface area contributed by atoms with E-state index in [4.69, 9.17) is 4.74 Å². The maximum Gasteiger partial charge on any atom is 0.0502 e. The quantitative estimate of drug-likeness (QED) is 0.511. The topological polar surface area (TPSA) is 9.23 Å². The van der Waals surface area contributed by atoms with Gasteiger partial charge >= 0.3 is 0 Å². The molecule has 9 heavy (non-hydrogen) atoms. The lowest BCUT2D eigenvalue weighted by Crippen LogP contribution is -2.33. The number of thiol groups is 1. The summed E-state index contributed by atoms with van der Waals surface area (Å²) in [5.74, 6) is 1.24. The highest BCUT2D eigenvalue weighted by Gasteiger charge is 2.24. The van der Waals surface area contributed by atoms with Crippen molar-refractivity contribution in [2.45, 2.75) is 19.1 Å². The second kappa shape index (κ2) is 2.93. The van der Waals surface area contributed by atoms with Crippen LogP contribution in [0.25, 0.3) is 0 Å². The van der Waals surface area contributed by atoms with Crippen LogP contribution in [0.1, 0.15) is 13.8 Å². The van der Waals surface area contributed by atoms with Gasteiger partial charge in [0.05, 0.1) is 13.2 Å². The van der Waals surface area contributed by atoms with Gasteiger partial charge in [0, 0.05) is 5.25 Å². The standard InChI is InChI=1S/C7H14OS/c1-5-3-8-4-6(2)7(5)9/h5-7,9H,3-4H2,1-2H3/t5-,6+,7?. The van der Waals surface area contributed by atoms with Crippen molar-refractivity contribution in [1.82, 2.24) is 0 Å². The van der Waals surface area contributed by atoms with E-state index in [1.165, 1.54) is 0 Å². The molecule has 0 saturated carbocycles. The molecule has 0 aromatic heterocycles. The van der Waals surface area contributed by atoms with Crippen molar-refractivity contribution in [2.75, 3.05) is 13.2 Å². The fourth-order valence-corrected chi connectivity index (χ4v) is 1.37. The summed E-state index contributed by atoms with van der Waals surface area (Å²) in [6.07, 6.45) is 0. The first kappa shape index (κ1) is 7.42. The minimum atomic E-state index is 0.541. The van der Waals surface area contributed by atoms with Crippen LogP contribution in [0.4, 0.5) is 0 Å². The van der Waals surface area contributed by atoms with E-state index < -0.39 is 0 Å². The summed E-state index contributed by atoms with van der Waals surface area (Å²) in [7, 11) is 0. The first-order valence-corrected chi connectivity index (χ1v) is 3.99. The van der Waals surface area contributed by atoms with Crippen LogP contribution in [0.2, 0.25) is 0 Å². The molecule has 0 bridgehead atoms. The van der Waals surface area contributed by atoms with Crippen molar-refractivity contribution >= 4 is 12.6 Å². The van der Waals surface area contributed by atoms with E-state index >= 15 is 0 Å². The molecule has 1 aliphatic heterocycles. The van der Waals surface area contributed by atoms with E-state index in [0.717, 1.165) is 13.2 Å². The van der Waals surface area contributed by atoms with Crippen molar-refractivity contribution in [3.8, 4) is 0 Å². The van der Waals surface area contributed by atoms with Crippen LogP contribution in [-0.2, 0) is 4.74 Å². The van der Waals surface area contributed by atoms with Gasteiger partial charge in [0.25, 0.3) is 0 Å². The van der Waals surface area contributed by atoms with Crippen LogP contribution < -0.4 is 0 Å². The molecule has 0 aromatic rings. The average molecular weight is 146 g/mol. The summed E-state index contributed by atoms with van der Waals surface area (Å²) < 4.78 is 5.32. The fraction of sp³-hybridized carbons (Fsp3) is 1.00. The molecule has 0 aromatic carbocycles. The lowest BCUT2D eigenvalue weighted by molar-refractivity contribution is 0.0329. The maximum absolute atomic E-state index is 5.32. The Morgan fingerprint density at radius 3 is 2.00 bits per heavy atom. The molecule has 1 heterocycles. The zero-order valence-corrected chi connectivity index (χ0v) is 6.90. The summed E-state index contributed by atoms with van der Waals surface area (Å²) >= 11 is 4.47. The third kappa shape index (κ3) is 1.62. The summed E-state index contributed by atoms with van der Waals surface area (Å²) in [6.45, 7) is 6.15. The van der Waals surface area contributed by atoms with E-state index in [2.05, 4.69) is 26.5 Å². The largest absolute Gasteiger partial charge is 0.381 e. The molecule has 3 atom stereocenters. The maximum atomic E-state index is 5.32. The molecule has 0 amide bonds. The number of hydrogen-bond donors (Lipinski definition) is 1. The van der Waals surface area contributed by atoms with Crippen LogP contribution in [0.3, 0.4) is 0 Å². The molecule has 54 valence electrons. The van der Waals surface area contributed by atoms with E-state index in [1.807, 2.05) is 0 Å². The van der Waals surface area contributed by atoms with Crippen molar-refractivity contribution in [3.05, 3.63) is 0 Å². The summed E-state index contributed by atoms with van der Waals surface area (Å²) in [6, 6.07) is 0. The van der Waals surface area contributed by atoms with Crippen LogP contribution in [0.15, 0.2) is 0 Å². The summed E-state index contributed by atoms with van der Waals surface area (Å²) in [5.41, 5.74) is 0. The Morgan fingerprint density at radius 2 is 1.67 bits per heavy atom. The number of hydrogen-bond acceptors (Lipinski definition) is 2. The smallest absolute Gasteiger partial charge is 0.0502 e. The van der Waals surface area contributed by atoms with Gasteiger partial charge in [-0.25, -0.2) is 0 Å². The zero-order chi connectivity index (χ0) is 6.85. The lowest BCUT2D eigenvalue weighted by atomic mass is 9.95. The monoisotopic (exact) mass is 146 g/mol. The third-order valence-electron chi connectivity index (χ3n) is 1.93. The molecule has 0 spiro atoms. The van der Waals surface area contributed by atoms with Crippen molar-refractivity contribution in [1.29, 1.82) is 0 Å². The minimum Gasteiger partial charge on any atom is -0.381 e. The fourth-order valence-electron chi connectivity index (χ4n) is 1.20. The van der Waals surface area contributed by atoms with Crippen molar-refractivity contribution in [3.63, 3.8) is 0 Å². The highest BCUT2D eigenvalue weighted by atomic mass is 32.1. The molecule has 1 nitrogen and oxygen atoms in total. The average Bonchev–Trinajstić information content (AvgIpc) is 1.83. The van der Waals surface area contributed by atoms with Gasteiger partial charge < -0.3 is 4.74 Å². The number of ether oxygens (including phenoxy) is 1. The van der Waals surface area contributed by atoms with Crippen LogP contribution in [0, 0.1) is 11.8 Å². The Hall–Kier alpha value is 0.310. The minimum absolute atomic E-state index is 0.541. The van der Waals surface area contributed by atoms with Gasteiger partial charge in [-0.3, -0.25) is 0 Å². The highest BCUT2D eigenvalue weighted by molar-refractivity contribution is 7.81. The first-order valence-electron chi connectivity index (χ1n) is 3.47. The molecule has 1 unspecified atom stereocenters. The number of rotatable bonds is 0. The van der Waals surface area contributed by atoms with Crippen molar-refractivity contribution in [2.24, 2.45) is 11.8 Å². The normalized spacial score (nSPS) is 45.0. The second-order valence-electron chi connectivity index (χ2n) is 2.98. The Bertz CT molecular complexity index is 84.9. The first-order chi connectivity index (χ1) is 4.22. The molecular weight excluding hydrogens is 132 g/mol. The Balaban J connectivity index is 2.41. The summed E-state index contributed by atoms with van der Waals surface area (Å²) in [4.78, 5) is 0. The summed E-state index contributed by atoms with van der Waals surface area (Å²) in [5, 5.41) is 0.541. The van der Waals surface area contributed by atoms with Gasteiger partial charge in [-0.2, -0.15) is 12.6 Å². The molecule has 0 N–H and O–H groups in total. The van der Waals surface area contributed by atoms with Gasteiger partial charge in [-0.1, -0.05) is 13.8 Å². The van der Waals surface area contributed by atoms with E-state index in [0.29, 0.717) is 17.1 Å². The SMILES string of the molecule is C[C@@H]1COC[C@H](C)C1S. The van der Waals surface area contributed by atoms with Crippen molar-refractivity contribution < 1.29 is 4.74 Å². The van der Waals surface area contributed by atoms with Gasteiger partial charge in [-0.15, -0.1) is 0 Å². The molecule has 0 radical (unpaired) electrons. The van der Waals surface area contributed by atoms with Crippen LogP contribution in [-0.4, -0.2) is 18.5 Å². The van der Waals surface area contributed by atoms with Gasteiger partial charge in [-0.05, 0) is 11.8 Å².